The van der Waals surface area contributed by atoms with Crippen LogP contribution in [0, 0.1) is 5.92 Å². The molecular weight excluding hydrogens is 372 g/mol. The van der Waals surface area contributed by atoms with Gasteiger partial charge in [-0.15, -0.1) is 0 Å². The Bertz CT molecular complexity index is 778. The van der Waals surface area contributed by atoms with E-state index < -0.39 is 0 Å². The first-order chi connectivity index (χ1) is 13.5. The van der Waals surface area contributed by atoms with Crippen molar-refractivity contribution in [2.75, 3.05) is 33.2 Å². The van der Waals surface area contributed by atoms with Crippen LogP contribution in [0.1, 0.15) is 41.5 Å². The molecule has 1 aliphatic rings. The highest BCUT2D eigenvalue weighted by Crippen LogP contribution is 2.20. The maximum Gasteiger partial charge on any atom is 0.271 e. The molecule has 152 valence electrons. The highest BCUT2D eigenvalue weighted by Gasteiger charge is 2.24. The van der Waals surface area contributed by atoms with Crippen molar-refractivity contribution in [3.8, 4) is 0 Å². The number of carbonyl (C=O) groups excluding carboxylic acids is 1. The Kier molecular flexibility index (Phi) is 7.13. The molecule has 0 radical (unpaired) electrons. The van der Waals surface area contributed by atoms with Crippen LogP contribution >= 0.6 is 11.6 Å². The van der Waals surface area contributed by atoms with E-state index in [1.54, 1.807) is 4.68 Å². The lowest BCUT2D eigenvalue weighted by atomic mass is 9.96. The van der Waals surface area contributed by atoms with Gasteiger partial charge in [0, 0.05) is 32.2 Å². The number of aryl methyl sites for hydroxylation is 2. The van der Waals surface area contributed by atoms with Gasteiger partial charge in [0.1, 0.15) is 5.69 Å². The Morgan fingerprint density at radius 2 is 1.93 bits per heavy atom. The second kappa shape index (κ2) is 9.57. The predicted molar refractivity (Wildman–Crippen MR) is 114 cm³/mol. The number of carbonyl (C=O) groups is 1. The Labute approximate surface area is 173 Å². The number of rotatable bonds is 7. The lowest BCUT2D eigenvalue weighted by Crippen LogP contribution is -2.40. The van der Waals surface area contributed by atoms with Crippen molar-refractivity contribution in [2.24, 2.45) is 13.0 Å². The number of nitrogens with zero attached hydrogens (tertiary/aromatic N) is 4. The van der Waals surface area contributed by atoms with Crippen LogP contribution in [0.4, 0.5) is 0 Å². The standard InChI is InChI=1S/C22H31ClN4O/c1-4-20-15-21(26(3)24-20)22(28)25(2)16-18-10-13-27(14-11-18)12-9-17-5-7-19(23)8-6-17/h5-8,15,18H,4,9-14,16H2,1-3H3. The van der Waals surface area contributed by atoms with Crippen molar-refractivity contribution >= 4 is 17.5 Å². The van der Waals surface area contributed by atoms with Crippen LogP contribution in [-0.4, -0.2) is 58.7 Å². The van der Waals surface area contributed by atoms with Crippen molar-refractivity contribution in [1.82, 2.24) is 19.6 Å². The van der Waals surface area contributed by atoms with E-state index in [0.717, 1.165) is 62.6 Å². The summed E-state index contributed by atoms with van der Waals surface area (Å²) >= 11 is 5.95. The Morgan fingerprint density at radius 3 is 2.54 bits per heavy atom. The quantitative estimate of drug-likeness (QED) is 0.709. The van der Waals surface area contributed by atoms with Gasteiger partial charge in [-0.25, -0.2) is 0 Å². The van der Waals surface area contributed by atoms with E-state index in [1.807, 2.05) is 37.2 Å². The third-order valence-corrected chi connectivity index (χ3v) is 5.98. The Balaban J connectivity index is 1.43. The monoisotopic (exact) mass is 402 g/mol. The van der Waals surface area contributed by atoms with Gasteiger partial charge in [-0.1, -0.05) is 30.7 Å². The Morgan fingerprint density at radius 1 is 1.25 bits per heavy atom. The van der Waals surface area contributed by atoms with E-state index in [9.17, 15) is 4.79 Å². The second-order valence-electron chi connectivity index (χ2n) is 7.85. The summed E-state index contributed by atoms with van der Waals surface area (Å²) in [4.78, 5) is 17.2. The van der Waals surface area contributed by atoms with E-state index in [2.05, 4.69) is 29.1 Å². The number of hydrogen-bond donors (Lipinski definition) is 0. The molecule has 0 spiro atoms. The molecule has 0 atom stereocenters. The average molecular weight is 403 g/mol. The number of hydrogen-bond acceptors (Lipinski definition) is 3. The maximum absolute atomic E-state index is 12.8. The molecule has 0 unspecified atom stereocenters. The topological polar surface area (TPSA) is 41.4 Å². The first kappa shape index (κ1) is 20.9. The highest BCUT2D eigenvalue weighted by atomic mass is 35.5. The third-order valence-electron chi connectivity index (χ3n) is 5.73. The SMILES string of the molecule is CCc1cc(C(=O)N(C)CC2CCN(CCc3ccc(Cl)cc3)CC2)n(C)n1. The van der Waals surface area contributed by atoms with Crippen molar-refractivity contribution in [1.29, 1.82) is 0 Å². The molecule has 1 amide bonds. The van der Waals surface area contributed by atoms with E-state index in [1.165, 1.54) is 5.56 Å². The van der Waals surface area contributed by atoms with Crippen molar-refractivity contribution in [3.63, 3.8) is 0 Å². The molecular formula is C22H31ClN4O. The van der Waals surface area contributed by atoms with Crippen LogP contribution < -0.4 is 0 Å². The molecule has 0 aliphatic carbocycles. The minimum absolute atomic E-state index is 0.0693. The third kappa shape index (κ3) is 5.36. The molecule has 28 heavy (non-hydrogen) atoms. The fourth-order valence-corrected chi connectivity index (χ4v) is 4.02. The highest BCUT2D eigenvalue weighted by molar-refractivity contribution is 6.30. The summed E-state index contributed by atoms with van der Waals surface area (Å²) in [6.45, 7) is 6.16. The summed E-state index contributed by atoms with van der Waals surface area (Å²) in [5.74, 6) is 0.638. The van der Waals surface area contributed by atoms with Crippen LogP contribution in [0.25, 0.3) is 0 Å². The van der Waals surface area contributed by atoms with E-state index in [-0.39, 0.29) is 5.91 Å². The van der Waals surface area contributed by atoms with Gasteiger partial charge in [0.15, 0.2) is 0 Å². The molecule has 2 aromatic rings. The summed E-state index contributed by atoms with van der Waals surface area (Å²) in [7, 11) is 3.76. The minimum atomic E-state index is 0.0693. The first-order valence-electron chi connectivity index (χ1n) is 10.2. The van der Waals surface area contributed by atoms with Crippen LogP contribution in [0.3, 0.4) is 0 Å². The van der Waals surface area contributed by atoms with Gasteiger partial charge in [-0.3, -0.25) is 9.48 Å². The Hall–Kier alpha value is -1.85. The molecule has 1 aromatic carbocycles. The fraction of sp³-hybridized carbons (Fsp3) is 0.545. The molecule has 0 bridgehead atoms. The molecule has 0 N–H and O–H groups in total. The summed E-state index contributed by atoms with van der Waals surface area (Å²) in [6, 6.07) is 10.1. The van der Waals surface area contributed by atoms with Gasteiger partial charge in [-0.2, -0.15) is 5.10 Å². The van der Waals surface area contributed by atoms with Gasteiger partial charge in [0.2, 0.25) is 0 Å². The molecule has 1 aromatic heterocycles. The zero-order chi connectivity index (χ0) is 20.1. The van der Waals surface area contributed by atoms with Crippen LogP contribution in [0.5, 0.6) is 0 Å². The van der Waals surface area contributed by atoms with Gasteiger partial charge in [0.05, 0.1) is 5.69 Å². The molecule has 1 fully saturated rings. The summed E-state index contributed by atoms with van der Waals surface area (Å²) < 4.78 is 1.71. The minimum Gasteiger partial charge on any atom is -0.340 e. The fourth-order valence-electron chi connectivity index (χ4n) is 3.90. The summed E-state index contributed by atoms with van der Waals surface area (Å²) in [6.07, 6.45) is 4.19. The summed E-state index contributed by atoms with van der Waals surface area (Å²) in [5, 5.41) is 5.19. The molecule has 5 nitrogen and oxygen atoms in total. The van der Waals surface area contributed by atoms with Crippen molar-refractivity contribution in [3.05, 3.63) is 52.3 Å². The lowest BCUT2D eigenvalue weighted by Gasteiger charge is -2.34. The van der Waals surface area contributed by atoms with Gasteiger partial charge < -0.3 is 9.80 Å². The summed E-state index contributed by atoms with van der Waals surface area (Å²) in [5.41, 5.74) is 2.98. The molecule has 1 aliphatic heterocycles. The van der Waals surface area contributed by atoms with Gasteiger partial charge >= 0.3 is 0 Å². The van der Waals surface area contributed by atoms with Crippen LogP contribution in [0.2, 0.25) is 5.02 Å². The van der Waals surface area contributed by atoms with Crippen molar-refractivity contribution in [2.45, 2.75) is 32.6 Å². The van der Waals surface area contributed by atoms with Crippen LogP contribution in [0.15, 0.2) is 30.3 Å². The smallest absolute Gasteiger partial charge is 0.271 e. The number of halogens is 1. The van der Waals surface area contributed by atoms with E-state index in [4.69, 9.17) is 11.6 Å². The molecule has 1 saturated heterocycles. The van der Waals surface area contributed by atoms with Crippen molar-refractivity contribution < 1.29 is 4.79 Å². The lowest BCUT2D eigenvalue weighted by molar-refractivity contribution is 0.0729. The number of piperidine rings is 1. The maximum atomic E-state index is 12.8. The number of likely N-dealkylation sites (tertiary alicyclic amines) is 1. The normalized spacial score (nSPS) is 15.7. The van der Waals surface area contributed by atoms with E-state index in [0.29, 0.717) is 11.6 Å². The number of benzene rings is 1. The largest absolute Gasteiger partial charge is 0.340 e. The molecule has 2 heterocycles. The average Bonchev–Trinajstić information content (AvgIpc) is 3.09. The van der Waals surface area contributed by atoms with Gasteiger partial charge in [0.25, 0.3) is 5.91 Å². The molecule has 6 heteroatoms. The zero-order valence-electron chi connectivity index (χ0n) is 17.2. The number of aromatic nitrogens is 2. The first-order valence-corrected chi connectivity index (χ1v) is 10.6. The number of amides is 1. The van der Waals surface area contributed by atoms with Crippen LogP contribution in [-0.2, 0) is 19.9 Å². The molecule has 3 rings (SSSR count). The van der Waals surface area contributed by atoms with Gasteiger partial charge in [-0.05, 0) is 68.5 Å². The zero-order valence-corrected chi connectivity index (χ0v) is 18.0. The van der Waals surface area contributed by atoms with E-state index >= 15 is 0 Å². The predicted octanol–water partition coefficient (Wildman–Crippen LogP) is 3.66. The molecule has 0 saturated carbocycles. The second-order valence-corrected chi connectivity index (χ2v) is 8.28.